The molecule has 0 bridgehead atoms. The van der Waals surface area contributed by atoms with E-state index >= 15 is 0 Å². The average molecular weight is 276 g/mol. The molecule has 0 spiro atoms. The predicted octanol–water partition coefficient (Wildman–Crippen LogP) is 2.99. The maximum Gasteiger partial charge on any atom is 0.132 e. The second kappa shape index (κ2) is 6.61. The van der Waals surface area contributed by atoms with Gasteiger partial charge in [0.25, 0.3) is 0 Å². The Balaban J connectivity index is 2.30. The smallest absolute Gasteiger partial charge is 0.132 e. The summed E-state index contributed by atoms with van der Waals surface area (Å²) in [7, 11) is 0. The summed E-state index contributed by atoms with van der Waals surface area (Å²) in [6, 6.07) is 5.59. The van der Waals surface area contributed by atoms with Crippen molar-refractivity contribution in [1.29, 1.82) is 0 Å². The van der Waals surface area contributed by atoms with Gasteiger partial charge in [0, 0.05) is 24.7 Å². The van der Waals surface area contributed by atoms with E-state index in [9.17, 15) is 4.39 Å². The molecule has 0 saturated carbocycles. The summed E-state index contributed by atoms with van der Waals surface area (Å²) in [5, 5.41) is 11.2. The molecular weight excluding hydrogens is 255 g/mol. The monoisotopic (exact) mass is 276 g/mol. The minimum absolute atomic E-state index is 0.238. The van der Waals surface area contributed by atoms with Crippen LogP contribution in [0.5, 0.6) is 0 Å². The Bertz CT molecular complexity index is 563. The number of halogens is 1. The van der Waals surface area contributed by atoms with Crippen molar-refractivity contribution < 1.29 is 4.39 Å². The molecule has 0 aliphatic rings. The van der Waals surface area contributed by atoms with Crippen LogP contribution in [0.15, 0.2) is 24.4 Å². The Morgan fingerprint density at radius 2 is 2.15 bits per heavy atom. The summed E-state index contributed by atoms with van der Waals surface area (Å²) in [5.41, 5.74) is 2.35. The Labute approximate surface area is 119 Å². The molecule has 4 nitrogen and oxygen atoms in total. The molecule has 0 amide bonds. The van der Waals surface area contributed by atoms with Crippen LogP contribution in [0.1, 0.15) is 32.8 Å². The topological polar surface area (TPSA) is 42.7 Å². The van der Waals surface area contributed by atoms with Gasteiger partial charge in [-0.05, 0) is 24.1 Å². The van der Waals surface area contributed by atoms with E-state index in [0.717, 1.165) is 30.8 Å². The predicted molar refractivity (Wildman–Crippen MR) is 77.7 cm³/mol. The highest BCUT2D eigenvalue weighted by Crippen LogP contribution is 2.23. The van der Waals surface area contributed by atoms with Gasteiger partial charge in [0.2, 0.25) is 0 Å². The first-order chi connectivity index (χ1) is 9.61. The van der Waals surface area contributed by atoms with Crippen LogP contribution >= 0.6 is 0 Å². The largest absolute Gasteiger partial charge is 0.310 e. The van der Waals surface area contributed by atoms with E-state index in [-0.39, 0.29) is 5.82 Å². The first-order valence-electron chi connectivity index (χ1n) is 7.02. The first-order valence-corrected chi connectivity index (χ1v) is 7.02. The van der Waals surface area contributed by atoms with E-state index in [1.165, 1.54) is 6.07 Å². The lowest BCUT2D eigenvalue weighted by atomic mass is 10.1. The van der Waals surface area contributed by atoms with Gasteiger partial charge in [0.1, 0.15) is 5.82 Å². The molecule has 0 unspecified atom stereocenters. The van der Waals surface area contributed by atoms with Gasteiger partial charge in [0.05, 0.1) is 11.9 Å². The van der Waals surface area contributed by atoms with E-state index in [2.05, 4.69) is 36.4 Å². The van der Waals surface area contributed by atoms with Gasteiger partial charge in [0.15, 0.2) is 0 Å². The Kier molecular flexibility index (Phi) is 4.84. The minimum atomic E-state index is -0.238. The van der Waals surface area contributed by atoms with Crippen LogP contribution < -0.4 is 5.32 Å². The zero-order valence-corrected chi connectivity index (χ0v) is 12.2. The molecule has 5 heteroatoms. The van der Waals surface area contributed by atoms with Gasteiger partial charge in [-0.2, -0.15) is 0 Å². The number of rotatable bonds is 6. The molecule has 20 heavy (non-hydrogen) atoms. The lowest BCUT2D eigenvalue weighted by Gasteiger charge is -2.11. The zero-order chi connectivity index (χ0) is 14.5. The minimum Gasteiger partial charge on any atom is -0.310 e. The third-order valence-corrected chi connectivity index (χ3v) is 3.07. The van der Waals surface area contributed by atoms with Gasteiger partial charge in [-0.25, -0.2) is 9.07 Å². The lowest BCUT2D eigenvalue weighted by Crippen LogP contribution is -2.21. The van der Waals surface area contributed by atoms with Crippen LogP contribution in [0.2, 0.25) is 0 Å². The van der Waals surface area contributed by atoms with Crippen LogP contribution in [0.25, 0.3) is 11.3 Å². The van der Waals surface area contributed by atoms with Crippen molar-refractivity contribution in [3.63, 3.8) is 0 Å². The van der Waals surface area contributed by atoms with Crippen LogP contribution in [0, 0.1) is 5.82 Å². The van der Waals surface area contributed by atoms with Gasteiger partial charge >= 0.3 is 0 Å². The van der Waals surface area contributed by atoms with E-state index in [1.54, 1.807) is 10.9 Å². The molecule has 1 aromatic heterocycles. The standard InChI is InChI=1S/C15H21FN4/c1-4-7-20-15(10-18-19-20)13-8-12(5-6-14(13)16)9-17-11(2)3/h5-6,8,10-11,17H,4,7,9H2,1-3H3. The van der Waals surface area contributed by atoms with E-state index in [1.807, 2.05) is 12.1 Å². The molecule has 0 radical (unpaired) electrons. The highest BCUT2D eigenvalue weighted by molar-refractivity contribution is 5.60. The highest BCUT2D eigenvalue weighted by atomic mass is 19.1. The van der Waals surface area contributed by atoms with E-state index in [4.69, 9.17) is 0 Å². The number of nitrogens with zero attached hydrogens (tertiary/aromatic N) is 3. The molecule has 1 aromatic carbocycles. The zero-order valence-electron chi connectivity index (χ0n) is 12.2. The summed E-state index contributed by atoms with van der Waals surface area (Å²) in [5.74, 6) is -0.238. The summed E-state index contributed by atoms with van der Waals surface area (Å²) in [6.45, 7) is 7.70. The number of aromatic nitrogens is 3. The molecule has 0 aliphatic heterocycles. The number of aryl methyl sites for hydroxylation is 1. The highest BCUT2D eigenvalue weighted by Gasteiger charge is 2.12. The SMILES string of the molecule is CCCn1nncc1-c1cc(CNC(C)C)ccc1F. The number of hydrogen-bond donors (Lipinski definition) is 1. The van der Waals surface area contributed by atoms with Crippen LogP contribution in [0.4, 0.5) is 4.39 Å². The summed E-state index contributed by atoms with van der Waals surface area (Å²) >= 11 is 0. The maximum atomic E-state index is 14.1. The quantitative estimate of drug-likeness (QED) is 0.882. The molecule has 1 N–H and O–H groups in total. The van der Waals surface area contributed by atoms with Crippen molar-refractivity contribution in [3.8, 4) is 11.3 Å². The normalized spacial score (nSPS) is 11.2. The summed E-state index contributed by atoms with van der Waals surface area (Å²) in [6.07, 6.45) is 2.56. The Hall–Kier alpha value is -1.75. The Morgan fingerprint density at radius 1 is 1.35 bits per heavy atom. The third kappa shape index (κ3) is 3.42. The van der Waals surface area contributed by atoms with E-state index in [0.29, 0.717) is 11.6 Å². The van der Waals surface area contributed by atoms with Crippen molar-refractivity contribution in [2.24, 2.45) is 0 Å². The molecule has 2 aromatic rings. The molecule has 0 fully saturated rings. The molecule has 0 aliphatic carbocycles. The molecule has 2 rings (SSSR count). The summed E-state index contributed by atoms with van der Waals surface area (Å²) < 4.78 is 15.8. The number of benzene rings is 1. The van der Waals surface area contributed by atoms with Crippen LogP contribution in [0.3, 0.4) is 0 Å². The lowest BCUT2D eigenvalue weighted by molar-refractivity contribution is 0.576. The number of hydrogen-bond acceptors (Lipinski definition) is 3. The second-order valence-corrected chi connectivity index (χ2v) is 5.19. The fourth-order valence-corrected chi connectivity index (χ4v) is 2.04. The average Bonchev–Trinajstić information content (AvgIpc) is 2.86. The van der Waals surface area contributed by atoms with Crippen LogP contribution in [-0.2, 0) is 13.1 Å². The van der Waals surface area contributed by atoms with Crippen molar-refractivity contribution in [1.82, 2.24) is 20.3 Å². The fourth-order valence-electron chi connectivity index (χ4n) is 2.04. The van der Waals surface area contributed by atoms with Crippen molar-refractivity contribution >= 4 is 0 Å². The van der Waals surface area contributed by atoms with Crippen molar-refractivity contribution in [3.05, 3.63) is 35.8 Å². The van der Waals surface area contributed by atoms with Crippen LogP contribution in [-0.4, -0.2) is 21.0 Å². The van der Waals surface area contributed by atoms with Gasteiger partial charge < -0.3 is 5.32 Å². The molecule has 0 saturated heterocycles. The second-order valence-electron chi connectivity index (χ2n) is 5.19. The first kappa shape index (κ1) is 14.7. The van der Waals surface area contributed by atoms with Gasteiger partial charge in [-0.1, -0.05) is 32.1 Å². The van der Waals surface area contributed by atoms with Crippen molar-refractivity contribution in [2.75, 3.05) is 0 Å². The summed E-state index contributed by atoms with van der Waals surface area (Å²) in [4.78, 5) is 0. The van der Waals surface area contributed by atoms with Gasteiger partial charge in [-0.3, -0.25) is 0 Å². The molecule has 108 valence electrons. The molecule has 0 atom stereocenters. The molecular formula is C15H21FN4. The maximum absolute atomic E-state index is 14.1. The third-order valence-electron chi connectivity index (χ3n) is 3.07. The van der Waals surface area contributed by atoms with Crippen molar-refractivity contribution in [2.45, 2.75) is 46.3 Å². The molecule has 1 heterocycles. The number of nitrogens with one attached hydrogen (secondary N) is 1. The Morgan fingerprint density at radius 3 is 2.85 bits per heavy atom. The fraction of sp³-hybridized carbons (Fsp3) is 0.467. The van der Waals surface area contributed by atoms with E-state index < -0.39 is 0 Å². The van der Waals surface area contributed by atoms with Gasteiger partial charge in [-0.15, -0.1) is 5.10 Å².